The summed E-state index contributed by atoms with van der Waals surface area (Å²) in [7, 11) is 0. The summed E-state index contributed by atoms with van der Waals surface area (Å²) >= 11 is 6.73. The Morgan fingerprint density at radius 3 is 2.89 bits per heavy atom. The van der Waals surface area contributed by atoms with Gasteiger partial charge in [0.2, 0.25) is 4.47 Å². The lowest BCUT2D eigenvalue weighted by molar-refractivity contribution is -0.386. The average molecular weight is 297 g/mol. The first-order valence-electron chi connectivity index (χ1n) is 4.89. The lowest BCUT2D eigenvalue weighted by Gasteiger charge is -2.04. The molecular weight excluding hydrogens is 292 g/mol. The van der Waals surface area contributed by atoms with Crippen molar-refractivity contribution in [3.63, 3.8) is 0 Å². The Bertz CT molecular complexity index is 667. The smallest absolute Gasteiger partial charge is 0.312 e. The zero-order valence-corrected chi connectivity index (χ0v) is 10.8. The summed E-state index contributed by atoms with van der Waals surface area (Å²) in [5.41, 5.74) is -0.0762. The fraction of sp³-hybridized carbons (Fsp3) is 0.100. The van der Waals surface area contributed by atoms with Crippen LogP contribution in [0, 0.1) is 21.4 Å². The number of nitriles is 1. The number of hydrogen-bond acceptors (Lipinski definition) is 7. The lowest BCUT2D eigenvalue weighted by Crippen LogP contribution is -1.99. The van der Waals surface area contributed by atoms with Crippen molar-refractivity contribution in [3.05, 3.63) is 43.4 Å². The molecular formula is C10H5ClN4O3S. The van der Waals surface area contributed by atoms with Crippen LogP contribution < -0.4 is 4.74 Å². The van der Waals surface area contributed by atoms with Gasteiger partial charge >= 0.3 is 5.69 Å². The van der Waals surface area contributed by atoms with Crippen molar-refractivity contribution < 1.29 is 9.66 Å². The van der Waals surface area contributed by atoms with Crippen molar-refractivity contribution >= 4 is 28.6 Å². The predicted molar refractivity (Wildman–Crippen MR) is 67.1 cm³/mol. The van der Waals surface area contributed by atoms with Crippen LogP contribution in [0.5, 0.6) is 5.75 Å². The van der Waals surface area contributed by atoms with Gasteiger partial charge in [-0.2, -0.15) is 5.26 Å². The van der Waals surface area contributed by atoms with Crippen LogP contribution in [0.15, 0.2) is 18.2 Å². The van der Waals surface area contributed by atoms with Crippen LogP contribution in [0.4, 0.5) is 5.69 Å². The van der Waals surface area contributed by atoms with Crippen molar-refractivity contribution in [1.82, 2.24) is 10.2 Å². The Balaban J connectivity index is 2.20. The van der Waals surface area contributed by atoms with E-state index in [4.69, 9.17) is 21.6 Å². The molecule has 1 heterocycles. The van der Waals surface area contributed by atoms with E-state index in [0.29, 0.717) is 5.01 Å². The molecule has 0 spiro atoms. The summed E-state index contributed by atoms with van der Waals surface area (Å²) in [6.45, 7) is 0.0249. The highest BCUT2D eigenvalue weighted by Crippen LogP contribution is 2.29. The molecule has 1 aromatic carbocycles. The number of hydrogen-bond donors (Lipinski definition) is 0. The van der Waals surface area contributed by atoms with E-state index in [2.05, 4.69) is 10.2 Å². The van der Waals surface area contributed by atoms with E-state index in [1.54, 1.807) is 0 Å². The van der Waals surface area contributed by atoms with Crippen LogP contribution in [0.3, 0.4) is 0 Å². The Labute approximate surface area is 116 Å². The molecule has 2 rings (SSSR count). The highest BCUT2D eigenvalue weighted by atomic mass is 35.5. The van der Waals surface area contributed by atoms with Crippen LogP contribution in [-0.4, -0.2) is 15.1 Å². The summed E-state index contributed by atoms with van der Waals surface area (Å²) in [5, 5.41) is 27.4. The summed E-state index contributed by atoms with van der Waals surface area (Å²) in [5.74, 6) is 0.0651. The van der Waals surface area contributed by atoms with Gasteiger partial charge in [0.15, 0.2) is 10.8 Å². The molecule has 2 aromatic rings. The Morgan fingerprint density at radius 1 is 1.53 bits per heavy atom. The minimum atomic E-state index is -0.608. The lowest BCUT2D eigenvalue weighted by atomic mass is 10.2. The third-order valence-corrected chi connectivity index (χ3v) is 3.07. The van der Waals surface area contributed by atoms with Gasteiger partial charge in [0.1, 0.15) is 6.61 Å². The molecule has 9 heteroatoms. The van der Waals surface area contributed by atoms with Crippen molar-refractivity contribution in [1.29, 1.82) is 5.26 Å². The van der Waals surface area contributed by atoms with Gasteiger partial charge in [-0.15, -0.1) is 10.2 Å². The SMILES string of the molecule is N#Cc1ccc(OCc2nnc(Cl)s2)c([N+](=O)[O-])c1. The van der Waals surface area contributed by atoms with Crippen LogP contribution in [0.25, 0.3) is 0 Å². The maximum Gasteiger partial charge on any atom is 0.312 e. The van der Waals surface area contributed by atoms with Gasteiger partial charge in [-0.3, -0.25) is 10.1 Å². The molecule has 0 radical (unpaired) electrons. The summed E-state index contributed by atoms with van der Waals surface area (Å²) in [4.78, 5) is 10.3. The molecule has 0 atom stereocenters. The fourth-order valence-corrected chi connectivity index (χ4v) is 2.06. The number of nitro groups is 1. The van der Waals surface area contributed by atoms with Crippen LogP contribution in [0.1, 0.15) is 10.6 Å². The first kappa shape index (κ1) is 13.2. The molecule has 0 aliphatic rings. The Hall–Kier alpha value is -2.24. The first-order chi connectivity index (χ1) is 9.10. The molecule has 0 aliphatic heterocycles. The highest BCUT2D eigenvalue weighted by Gasteiger charge is 2.16. The maximum atomic E-state index is 10.9. The third kappa shape index (κ3) is 3.15. The van der Waals surface area contributed by atoms with E-state index in [0.717, 1.165) is 17.4 Å². The zero-order valence-electron chi connectivity index (χ0n) is 9.24. The molecule has 0 bridgehead atoms. The second-order valence-electron chi connectivity index (χ2n) is 3.29. The summed E-state index contributed by atoms with van der Waals surface area (Å²) < 4.78 is 5.57. The van der Waals surface area contributed by atoms with Crippen molar-refractivity contribution in [2.45, 2.75) is 6.61 Å². The molecule has 1 aromatic heterocycles. The minimum Gasteiger partial charge on any atom is -0.479 e. The fourth-order valence-electron chi connectivity index (χ4n) is 1.28. The van der Waals surface area contributed by atoms with Crippen molar-refractivity contribution in [2.75, 3.05) is 0 Å². The van der Waals surface area contributed by atoms with Crippen molar-refractivity contribution in [2.24, 2.45) is 0 Å². The molecule has 0 aliphatic carbocycles. The first-order valence-corrected chi connectivity index (χ1v) is 6.09. The molecule has 0 saturated heterocycles. The molecule has 7 nitrogen and oxygen atoms in total. The minimum absolute atomic E-state index is 0.0249. The van der Waals surface area contributed by atoms with Gasteiger partial charge in [0, 0.05) is 6.07 Å². The van der Waals surface area contributed by atoms with E-state index in [1.165, 1.54) is 12.1 Å². The number of halogens is 1. The Kier molecular flexibility index (Phi) is 3.89. The molecule has 0 amide bonds. The van der Waals surface area contributed by atoms with Gasteiger partial charge in [0.25, 0.3) is 0 Å². The standard InChI is InChI=1S/C10H5ClN4O3S/c11-10-14-13-9(19-10)5-18-8-2-1-6(4-12)3-7(8)15(16)17/h1-3H,5H2. The molecule has 0 saturated carbocycles. The van der Waals surface area contributed by atoms with Crippen LogP contribution in [-0.2, 0) is 6.61 Å². The molecule has 0 N–H and O–H groups in total. The van der Waals surface area contributed by atoms with E-state index in [1.807, 2.05) is 6.07 Å². The number of rotatable bonds is 4. The second kappa shape index (κ2) is 5.60. The van der Waals surface area contributed by atoms with E-state index < -0.39 is 4.92 Å². The third-order valence-electron chi connectivity index (χ3n) is 2.08. The largest absolute Gasteiger partial charge is 0.479 e. The number of aromatic nitrogens is 2. The number of nitro benzene ring substituents is 1. The topological polar surface area (TPSA) is 102 Å². The monoisotopic (exact) mass is 296 g/mol. The average Bonchev–Trinajstić information content (AvgIpc) is 2.82. The molecule has 19 heavy (non-hydrogen) atoms. The quantitative estimate of drug-likeness (QED) is 0.634. The summed E-state index contributed by atoms with van der Waals surface area (Å²) in [6.07, 6.45) is 0. The molecule has 96 valence electrons. The van der Waals surface area contributed by atoms with E-state index >= 15 is 0 Å². The number of nitrogens with zero attached hydrogens (tertiary/aromatic N) is 4. The van der Waals surface area contributed by atoms with Crippen LogP contribution >= 0.6 is 22.9 Å². The van der Waals surface area contributed by atoms with Gasteiger partial charge in [0.05, 0.1) is 16.6 Å². The van der Waals surface area contributed by atoms with Gasteiger partial charge < -0.3 is 4.74 Å². The highest BCUT2D eigenvalue weighted by molar-refractivity contribution is 7.15. The van der Waals surface area contributed by atoms with Crippen LogP contribution in [0.2, 0.25) is 4.47 Å². The normalized spacial score (nSPS) is 9.89. The predicted octanol–water partition coefficient (Wildman–Crippen LogP) is 2.55. The zero-order chi connectivity index (χ0) is 13.8. The van der Waals surface area contributed by atoms with Gasteiger partial charge in [-0.05, 0) is 23.7 Å². The van der Waals surface area contributed by atoms with E-state index in [-0.39, 0.29) is 28.1 Å². The Morgan fingerprint density at radius 2 is 2.32 bits per heavy atom. The molecule has 0 fully saturated rings. The second-order valence-corrected chi connectivity index (χ2v) is 4.93. The van der Waals surface area contributed by atoms with Crippen molar-refractivity contribution in [3.8, 4) is 11.8 Å². The number of benzene rings is 1. The summed E-state index contributed by atoms with van der Waals surface area (Å²) in [6, 6.07) is 5.80. The van der Waals surface area contributed by atoms with E-state index in [9.17, 15) is 10.1 Å². The molecule has 0 unspecified atom stereocenters. The van der Waals surface area contributed by atoms with Gasteiger partial charge in [-0.1, -0.05) is 11.3 Å². The van der Waals surface area contributed by atoms with Gasteiger partial charge in [-0.25, -0.2) is 0 Å². The number of ether oxygens (including phenoxy) is 1. The maximum absolute atomic E-state index is 10.9.